The monoisotopic (exact) mass is 733 g/mol. The van der Waals surface area contributed by atoms with E-state index >= 15 is 0 Å². The van der Waals surface area contributed by atoms with Gasteiger partial charge in [-0.1, -0.05) is 96.5 Å². The highest BCUT2D eigenvalue weighted by Gasteiger charge is 2.26. The third kappa shape index (κ3) is 9.22. The molecule has 0 amide bonds. The summed E-state index contributed by atoms with van der Waals surface area (Å²) in [6.45, 7) is 5.13. The van der Waals surface area contributed by atoms with Gasteiger partial charge in [-0.25, -0.2) is 19.4 Å². The molecule has 52 heavy (non-hydrogen) atoms. The Labute approximate surface area is 302 Å². The molecule has 2 N–H and O–H groups in total. The largest absolute Gasteiger partial charge is 0.511 e. The standard InChI is InChI=1S/C35H36ClN7O9/c1-4-6-15-29-37-31(36)30(34(45)51-22(3)52-35(46)49-5-2)41(29)20-23-16-18-24(19-17-23)26-12-9-10-14-28(26)32-38-40-42(39-32)33(44)27-13-8-7-11-25(27)21-50-43(47)48/h7-14,16-19,22,47-48H,4-6,15,20-21H2,1-3H3. The van der Waals surface area contributed by atoms with Crippen molar-refractivity contribution in [2.24, 2.45) is 0 Å². The molecule has 1 atom stereocenters. The van der Waals surface area contributed by atoms with Gasteiger partial charge < -0.3 is 18.8 Å². The lowest BCUT2D eigenvalue weighted by atomic mass is 9.98. The van der Waals surface area contributed by atoms with Gasteiger partial charge in [-0.15, -0.1) is 10.2 Å². The van der Waals surface area contributed by atoms with Crippen LogP contribution in [0, 0.1) is 0 Å². The minimum atomic E-state index is -1.23. The van der Waals surface area contributed by atoms with Crippen molar-refractivity contribution in [2.75, 3.05) is 6.61 Å². The Morgan fingerprint density at radius 3 is 2.37 bits per heavy atom. The fourth-order valence-electron chi connectivity index (χ4n) is 5.28. The van der Waals surface area contributed by atoms with Crippen molar-refractivity contribution in [2.45, 2.75) is 59.5 Å². The molecule has 17 heteroatoms. The molecule has 3 aromatic carbocycles. The van der Waals surface area contributed by atoms with E-state index < -0.39 is 29.7 Å². The minimum Gasteiger partial charge on any atom is -0.435 e. The molecule has 5 rings (SSSR count). The first-order valence-corrected chi connectivity index (χ1v) is 16.7. The maximum absolute atomic E-state index is 13.3. The summed E-state index contributed by atoms with van der Waals surface area (Å²) >= 11 is 6.47. The van der Waals surface area contributed by atoms with Gasteiger partial charge in [0, 0.05) is 31.0 Å². The predicted molar refractivity (Wildman–Crippen MR) is 183 cm³/mol. The SMILES string of the molecule is CCCCc1nc(Cl)c(C(=O)OC(C)OC(=O)OCC)n1Cc1ccc(-c2ccccc2-c2nnn(C(=O)c3ccccc3CON(O)O)n2)cc1. The number of aromatic nitrogens is 6. The van der Waals surface area contributed by atoms with E-state index in [1.165, 1.54) is 13.0 Å². The lowest BCUT2D eigenvalue weighted by Crippen LogP contribution is -2.24. The first-order valence-electron chi connectivity index (χ1n) is 16.3. The Morgan fingerprint density at radius 2 is 1.65 bits per heavy atom. The van der Waals surface area contributed by atoms with Crippen molar-refractivity contribution in [1.82, 2.24) is 35.1 Å². The van der Waals surface area contributed by atoms with Gasteiger partial charge in [0.1, 0.15) is 5.82 Å². The number of esters is 1. The van der Waals surface area contributed by atoms with Crippen molar-refractivity contribution >= 4 is 29.6 Å². The number of ether oxygens (including phenoxy) is 3. The van der Waals surface area contributed by atoms with Gasteiger partial charge in [-0.05, 0) is 46.9 Å². The molecule has 0 spiro atoms. The molecule has 0 fully saturated rings. The molecular weight excluding hydrogens is 698 g/mol. The van der Waals surface area contributed by atoms with Gasteiger partial charge >= 0.3 is 12.1 Å². The van der Waals surface area contributed by atoms with E-state index in [1.807, 2.05) is 55.5 Å². The van der Waals surface area contributed by atoms with Crippen LogP contribution >= 0.6 is 11.6 Å². The van der Waals surface area contributed by atoms with E-state index in [1.54, 1.807) is 29.7 Å². The third-order valence-corrected chi connectivity index (χ3v) is 7.96. The van der Waals surface area contributed by atoms with Crippen LogP contribution in [0.5, 0.6) is 0 Å². The summed E-state index contributed by atoms with van der Waals surface area (Å²) in [5.41, 5.74) is 3.64. The fraction of sp³-hybridized carbons (Fsp3) is 0.286. The summed E-state index contributed by atoms with van der Waals surface area (Å²) in [6.07, 6.45) is 0.0968. The van der Waals surface area contributed by atoms with Crippen molar-refractivity contribution in [3.63, 3.8) is 0 Å². The van der Waals surface area contributed by atoms with Crippen LogP contribution in [0.4, 0.5) is 4.79 Å². The molecule has 5 aromatic rings. The molecule has 1 unspecified atom stereocenters. The van der Waals surface area contributed by atoms with Crippen molar-refractivity contribution in [1.29, 1.82) is 0 Å². The highest BCUT2D eigenvalue weighted by atomic mass is 35.5. The number of aryl methyl sites for hydroxylation is 1. The topological polar surface area (TPSA) is 193 Å². The molecule has 0 radical (unpaired) electrons. The molecule has 16 nitrogen and oxygen atoms in total. The average molecular weight is 734 g/mol. The van der Waals surface area contributed by atoms with E-state index in [0.29, 0.717) is 23.4 Å². The lowest BCUT2D eigenvalue weighted by Gasteiger charge is -2.16. The van der Waals surface area contributed by atoms with Crippen molar-refractivity contribution in [3.05, 3.63) is 106 Å². The van der Waals surface area contributed by atoms with Gasteiger partial charge in [0.2, 0.25) is 12.1 Å². The number of unbranched alkanes of at least 4 members (excludes halogenated alkanes) is 1. The molecule has 0 saturated heterocycles. The molecule has 0 aliphatic heterocycles. The number of rotatable bonds is 15. The molecule has 0 saturated carbocycles. The van der Waals surface area contributed by atoms with E-state index in [0.717, 1.165) is 34.3 Å². The highest BCUT2D eigenvalue weighted by Crippen LogP contribution is 2.31. The van der Waals surface area contributed by atoms with Crippen LogP contribution in [0.15, 0.2) is 72.8 Å². The minimum absolute atomic E-state index is 0.0252. The molecular formula is C35H36ClN7O9. The summed E-state index contributed by atoms with van der Waals surface area (Å²) < 4.78 is 16.8. The van der Waals surface area contributed by atoms with Crippen LogP contribution in [0.2, 0.25) is 5.15 Å². The van der Waals surface area contributed by atoms with Crippen LogP contribution in [-0.4, -0.2) is 76.5 Å². The van der Waals surface area contributed by atoms with Gasteiger partial charge in [-0.2, -0.15) is 0 Å². The van der Waals surface area contributed by atoms with Gasteiger partial charge in [0.05, 0.1) is 18.6 Å². The quantitative estimate of drug-likeness (QED) is 0.0709. The van der Waals surface area contributed by atoms with Gasteiger partial charge in [-0.3, -0.25) is 15.2 Å². The first-order chi connectivity index (χ1) is 25.1. The summed E-state index contributed by atoms with van der Waals surface area (Å²) in [7, 11) is 0. The summed E-state index contributed by atoms with van der Waals surface area (Å²) in [6, 6.07) is 21.4. The maximum atomic E-state index is 13.3. The van der Waals surface area contributed by atoms with Crippen LogP contribution in [0.25, 0.3) is 22.5 Å². The Hall–Kier alpha value is -5.52. The van der Waals surface area contributed by atoms with Crippen LogP contribution in [0.3, 0.4) is 0 Å². The number of carbonyl (C=O) groups excluding carboxylic acids is 3. The summed E-state index contributed by atoms with van der Waals surface area (Å²) in [5, 5.41) is 29.9. The molecule has 2 aromatic heterocycles. The highest BCUT2D eigenvalue weighted by molar-refractivity contribution is 6.32. The Balaban J connectivity index is 1.38. The number of benzene rings is 3. The Bertz CT molecular complexity index is 2010. The number of tetrazole rings is 1. The number of carbonyl (C=O) groups is 3. The Kier molecular flexibility index (Phi) is 12.8. The Morgan fingerprint density at radius 1 is 0.942 bits per heavy atom. The van der Waals surface area contributed by atoms with E-state index in [-0.39, 0.29) is 42.0 Å². The van der Waals surface area contributed by atoms with Gasteiger partial charge in [0.25, 0.3) is 5.91 Å². The lowest BCUT2D eigenvalue weighted by molar-refractivity contribution is -0.497. The molecule has 272 valence electrons. The van der Waals surface area contributed by atoms with Crippen molar-refractivity contribution < 1.29 is 43.8 Å². The van der Waals surface area contributed by atoms with Crippen molar-refractivity contribution in [3.8, 4) is 22.5 Å². The second-order valence-electron chi connectivity index (χ2n) is 11.3. The zero-order chi connectivity index (χ0) is 37.2. The average Bonchev–Trinajstić information content (AvgIpc) is 3.74. The number of imidazole rings is 1. The smallest absolute Gasteiger partial charge is 0.435 e. The van der Waals surface area contributed by atoms with Crippen LogP contribution in [-0.2, 0) is 38.6 Å². The van der Waals surface area contributed by atoms with Crippen LogP contribution < -0.4 is 0 Å². The number of hydrogen-bond acceptors (Lipinski definition) is 14. The molecule has 0 aliphatic rings. The number of hydrogen-bond donors (Lipinski definition) is 2. The second kappa shape index (κ2) is 17.6. The zero-order valence-corrected chi connectivity index (χ0v) is 29.3. The van der Waals surface area contributed by atoms with E-state index in [2.05, 4.69) is 25.2 Å². The summed E-state index contributed by atoms with van der Waals surface area (Å²) in [5.74, 6) is -0.587. The van der Waals surface area contributed by atoms with E-state index in [4.69, 9.17) is 36.2 Å². The van der Waals surface area contributed by atoms with Gasteiger partial charge in [0.15, 0.2) is 10.8 Å². The fourth-order valence-corrected chi connectivity index (χ4v) is 5.55. The normalized spacial score (nSPS) is 11.8. The molecule has 0 aliphatic carbocycles. The molecule has 2 heterocycles. The number of nitrogens with zero attached hydrogens (tertiary/aromatic N) is 7. The second-order valence-corrected chi connectivity index (χ2v) is 11.6. The summed E-state index contributed by atoms with van der Waals surface area (Å²) in [4.78, 5) is 48.3. The maximum Gasteiger partial charge on any atom is 0.511 e. The zero-order valence-electron chi connectivity index (χ0n) is 28.5. The molecule has 0 bridgehead atoms. The van der Waals surface area contributed by atoms with E-state index in [9.17, 15) is 14.4 Å². The first kappa shape index (κ1) is 37.7. The van der Waals surface area contributed by atoms with Crippen LogP contribution in [0.1, 0.15) is 71.4 Å². The number of halogens is 1. The predicted octanol–water partition coefficient (Wildman–Crippen LogP) is 6.12. The third-order valence-electron chi connectivity index (χ3n) is 7.70.